The van der Waals surface area contributed by atoms with Gasteiger partial charge in [-0.3, -0.25) is 9.59 Å². The number of rotatable bonds is 6. The lowest BCUT2D eigenvalue weighted by atomic mass is 9.64. The Morgan fingerprint density at radius 1 is 1.25 bits per heavy atom. The van der Waals surface area contributed by atoms with Crippen molar-refractivity contribution in [2.24, 2.45) is 5.41 Å². The van der Waals surface area contributed by atoms with Gasteiger partial charge in [0.2, 0.25) is 5.91 Å². The van der Waals surface area contributed by atoms with Crippen molar-refractivity contribution in [3.8, 4) is 0 Å². The van der Waals surface area contributed by atoms with Gasteiger partial charge in [0, 0.05) is 18.6 Å². The number of ether oxygens (including phenoxy) is 1. The van der Waals surface area contributed by atoms with Gasteiger partial charge in [-0.2, -0.15) is 0 Å². The van der Waals surface area contributed by atoms with Crippen molar-refractivity contribution in [2.45, 2.75) is 32.4 Å². The summed E-state index contributed by atoms with van der Waals surface area (Å²) in [6.45, 7) is 3.26. The number of carbonyl (C=O) groups is 3. The molecule has 0 saturated heterocycles. The third kappa shape index (κ3) is 4.09. The van der Waals surface area contributed by atoms with Gasteiger partial charge in [0.15, 0.2) is 0 Å². The van der Waals surface area contributed by atoms with Crippen LogP contribution in [0.5, 0.6) is 0 Å². The van der Waals surface area contributed by atoms with Crippen LogP contribution in [0.25, 0.3) is 0 Å². The average Bonchev–Trinajstić information content (AvgIpc) is 2.38. The summed E-state index contributed by atoms with van der Waals surface area (Å²) in [5.74, 6) is -1.69. The van der Waals surface area contributed by atoms with Crippen LogP contribution in [0.1, 0.15) is 20.3 Å². The lowest BCUT2D eigenvalue weighted by molar-refractivity contribution is -0.137. The Bertz CT molecular complexity index is 397. The molecule has 0 spiro atoms. The SMILES string of the molecule is COC1CC(NC(=O)NCC(=O)NCC(=O)O)C1(C)C. The van der Waals surface area contributed by atoms with Crippen LogP contribution < -0.4 is 16.0 Å². The highest BCUT2D eigenvalue weighted by Crippen LogP contribution is 2.42. The van der Waals surface area contributed by atoms with E-state index in [9.17, 15) is 14.4 Å². The molecule has 1 rings (SSSR count). The molecule has 1 aliphatic carbocycles. The van der Waals surface area contributed by atoms with Crippen molar-refractivity contribution in [2.75, 3.05) is 20.2 Å². The zero-order chi connectivity index (χ0) is 15.3. The second-order valence-corrected chi connectivity index (χ2v) is 5.33. The van der Waals surface area contributed by atoms with E-state index in [1.54, 1.807) is 7.11 Å². The molecule has 4 N–H and O–H groups in total. The van der Waals surface area contributed by atoms with Crippen LogP contribution in [-0.4, -0.2) is 55.4 Å². The molecule has 0 radical (unpaired) electrons. The minimum atomic E-state index is -1.13. The second-order valence-electron chi connectivity index (χ2n) is 5.33. The highest BCUT2D eigenvalue weighted by atomic mass is 16.5. The number of carboxylic acids is 1. The minimum Gasteiger partial charge on any atom is -0.480 e. The monoisotopic (exact) mass is 287 g/mol. The Morgan fingerprint density at radius 3 is 2.40 bits per heavy atom. The maximum Gasteiger partial charge on any atom is 0.322 e. The standard InChI is InChI=1S/C12H21N3O5/c1-12(2)7(4-8(12)20-3)15-11(19)14-5-9(16)13-6-10(17)18/h7-8H,4-6H2,1-3H3,(H,13,16)(H,17,18)(H2,14,15,19). The van der Waals surface area contributed by atoms with Crippen LogP contribution >= 0.6 is 0 Å². The van der Waals surface area contributed by atoms with Crippen LogP contribution in [0, 0.1) is 5.41 Å². The summed E-state index contributed by atoms with van der Waals surface area (Å²) in [5.41, 5.74) is -0.155. The highest BCUT2D eigenvalue weighted by Gasteiger charge is 2.49. The van der Waals surface area contributed by atoms with Crippen LogP contribution in [0.15, 0.2) is 0 Å². The summed E-state index contributed by atoms with van der Waals surface area (Å²) in [6.07, 6.45) is 0.828. The fourth-order valence-electron chi connectivity index (χ4n) is 2.14. The summed E-state index contributed by atoms with van der Waals surface area (Å²) < 4.78 is 5.27. The van der Waals surface area contributed by atoms with Gasteiger partial charge in [-0.15, -0.1) is 0 Å². The molecule has 1 saturated carbocycles. The predicted molar refractivity (Wildman–Crippen MR) is 70.2 cm³/mol. The topological polar surface area (TPSA) is 117 Å². The van der Waals surface area contributed by atoms with Crippen molar-refractivity contribution >= 4 is 17.9 Å². The Balaban J connectivity index is 2.25. The van der Waals surface area contributed by atoms with Crippen LogP contribution in [0.3, 0.4) is 0 Å². The molecule has 0 aromatic carbocycles. The van der Waals surface area contributed by atoms with E-state index in [2.05, 4.69) is 16.0 Å². The third-order valence-electron chi connectivity index (χ3n) is 3.61. The van der Waals surface area contributed by atoms with Gasteiger partial charge in [-0.1, -0.05) is 13.8 Å². The van der Waals surface area contributed by atoms with Crippen LogP contribution in [0.4, 0.5) is 4.79 Å². The average molecular weight is 287 g/mol. The van der Waals surface area contributed by atoms with E-state index in [4.69, 9.17) is 9.84 Å². The largest absolute Gasteiger partial charge is 0.480 e. The zero-order valence-corrected chi connectivity index (χ0v) is 11.9. The van der Waals surface area contributed by atoms with Crippen molar-refractivity contribution in [3.05, 3.63) is 0 Å². The molecule has 0 aromatic rings. The molecule has 20 heavy (non-hydrogen) atoms. The van der Waals surface area contributed by atoms with Crippen molar-refractivity contribution < 1.29 is 24.2 Å². The number of carbonyl (C=O) groups excluding carboxylic acids is 2. The Kier molecular flexibility index (Phi) is 5.32. The van der Waals surface area contributed by atoms with Crippen molar-refractivity contribution in [1.82, 2.24) is 16.0 Å². The van der Waals surface area contributed by atoms with E-state index in [0.717, 1.165) is 6.42 Å². The quantitative estimate of drug-likeness (QED) is 0.515. The molecule has 2 unspecified atom stereocenters. The summed E-state index contributed by atoms with van der Waals surface area (Å²) in [4.78, 5) is 33.1. The number of amides is 3. The van der Waals surface area contributed by atoms with E-state index >= 15 is 0 Å². The molecule has 1 aliphatic rings. The number of nitrogens with one attached hydrogen (secondary N) is 3. The molecular formula is C12H21N3O5. The first kappa shape index (κ1) is 16.2. The van der Waals surface area contributed by atoms with E-state index in [-0.39, 0.29) is 24.1 Å². The molecule has 114 valence electrons. The molecule has 0 aliphatic heterocycles. The first-order valence-electron chi connectivity index (χ1n) is 6.33. The first-order valence-corrected chi connectivity index (χ1v) is 6.33. The maximum atomic E-state index is 11.6. The number of methoxy groups -OCH3 is 1. The summed E-state index contributed by atoms with van der Waals surface area (Å²) in [6, 6.07) is -0.474. The molecule has 0 heterocycles. The smallest absolute Gasteiger partial charge is 0.322 e. The minimum absolute atomic E-state index is 0.0190. The van der Waals surface area contributed by atoms with E-state index in [1.807, 2.05) is 13.8 Å². The number of hydrogen-bond donors (Lipinski definition) is 4. The Hall–Kier alpha value is -1.83. The lowest BCUT2D eigenvalue weighted by Gasteiger charge is -2.51. The predicted octanol–water partition coefficient (Wildman–Crippen LogP) is -0.700. The van der Waals surface area contributed by atoms with E-state index < -0.39 is 24.5 Å². The van der Waals surface area contributed by atoms with Gasteiger partial charge in [0.1, 0.15) is 6.54 Å². The summed E-state index contributed by atoms with van der Waals surface area (Å²) in [7, 11) is 1.63. The van der Waals surface area contributed by atoms with Gasteiger partial charge in [-0.05, 0) is 6.42 Å². The van der Waals surface area contributed by atoms with Crippen LogP contribution in [-0.2, 0) is 14.3 Å². The normalized spacial score (nSPS) is 23.4. The summed E-state index contributed by atoms with van der Waals surface area (Å²) >= 11 is 0. The fourth-order valence-corrected chi connectivity index (χ4v) is 2.14. The highest BCUT2D eigenvalue weighted by molar-refractivity contribution is 5.86. The van der Waals surface area contributed by atoms with Crippen molar-refractivity contribution in [3.63, 3.8) is 0 Å². The number of urea groups is 1. The number of aliphatic carboxylic acids is 1. The zero-order valence-electron chi connectivity index (χ0n) is 11.9. The molecule has 3 amide bonds. The second kappa shape index (κ2) is 6.56. The molecule has 2 atom stereocenters. The molecule has 1 fully saturated rings. The van der Waals surface area contributed by atoms with Crippen LogP contribution in [0.2, 0.25) is 0 Å². The van der Waals surface area contributed by atoms with Gasteiger partial charge in [-0.25, -0.2) is 4.79 Å². The lowest BCUT2D eigenvalue weighted by Crippen LogP contribution is -2.63. The number of hydrogen-bond acceptors (Lipinski definition) is 4. The Labute approximate surface area is 117 Å². The first-order chi connectivity index (χ1) is 9.27. The Morgan fingerprint density at radius 2 is 1.90 bits per heavy atom. The van der Waals surface area contributed by atoms with Gasteiger partial charge < -0.3 is 25.8 Å². The maximum absolute atomic E-state index is 11.6. The third-order valence-corrected chi connectivity index (χ3v) is 3.61. The molecule has 8 nitrogen and oxygen atoms in total. The molecular weight excluding hydrogens is 266 g/mol. The molecule has 0 aromatic heterocycles. The number of carboxylic acid groups (broad SMARTS) is 1. The summed E-state index contributed by atoms with van der Waals surface area (Å²) in [5, 5.41) is 15.7. The van der Waals surface area contributed by atoms with E-state index in [0.29, 0.717) is 0 Å². The van der Waals surface area contributed by atoms with Crippen molar-refractivity contribution in [1.29, 1.82) is 0 Å². The van der Waals surface area contributed by atoms with E-state index in [1.165, 1.54) is 0 Å². The van der Waals surface area contributed by atoms with Gasteiger partial charge in [0.25, 0.3) is 0 Å². The van der Waals surface area contributed by atoms with Gasteiger partial charge in [0.05, 0.1) is 12.6 Å². The van der Waals surface area contributed by atoms with Gasteiger partial charge >= 0.3 is 12.0 Å². The molecule has 8 heteroatoms. The fraction of sp³-hybridized carbons (Fsp3) is 0.750. The molecule has 0 bridgehead atoms.